The molecule has 6 nitrogen and oxygen atoms in total. The van der Waals surface area contributed by atoms with Gasteiger partial charge in [-0.3, -0.25) is 0 Å². The SMILES string of the molecule is Cc1ccc(C(=O)OC[C@@H]2SC(O)C(OCc3ccccc3)[C@@H]2OC(=O)c2ccc(C)cc2)cc1. The Bertz CT molecular complexity index is 1130. The van der Waals surface area contributed by atoms with E-state index in [2.05, 4.69) is 0 Å². The Labute approximate surface area is 209 Å². The fourth-order valence-corrected chi connectivity index (χ4v) is 5.00. The van der Waals surface area contributed by atoms with Crippen LogP contribution in [0.5, 0.6) is 0 Å². The first-order valence-electron chi connectivity index (χ1n) is 11.4. The van der Waals surface area contributed by atoms with Crippen LogP contribution in [0.1, 0.15) is 37.4 Å². The van der Waals surface area contributed by atoms with Gasteiger partial charge in [0.2, 0.25) is 0 Å². The average Bonchev–Trinajstić information content (AvgIpc) is 3.16. The van der Waals surface area contributed by atoms with E-state index in [0.29, 0.717) is 11.1 Å². The minimum atomic E-state index is -0.947. The van der Waals surface area contributed by atoms with Crippen LogP contribution in [-0.2, 0) is 20.8 Å². The Hall–Kier alpha value is -3.13. The summed E-state index contributed by atoms with van der Waals surface area (Å²) in [5, 5.41) is 10.3. The van der Waals surface area contributed by atoms with Crippen LogP contribution in [0.15, 0.2) is 78.9 Å². The highest BCUT2D eigenvalue weighted by atomic mass is 32.2. The molecule has 0 saturated carbocycles. The van der Waals surface area contributed by atoms with Crippen molar-refractivity contribution in [3.05, 3.63) is 107 Å². The van der Waals surface area contributed by atoms with Crippen molar-refractivity contribution in [2.45, 2.75) is 43.3 Å². The highest BCUT2D eigenvalue weighted by Crippen LogP contribution is 2.38. The van der Waals surface area contributed by atoms with Crippen LogP contribution in [0.4, 0.5) is 0 Å². The smallest absolute Gasteiger partial charge is 0.338 e. The van der Waals surface area contributed by atoms with E-state index in [0.717, 1.165) is 16.7 Å². The normalized spacial score (nSPS) is 21.5. The van der Waals surface area contributed by atoms with E-state index in [-0.39, 0.29) is 13.2 Å². The summed E-state index contributed by atoms with van der Waals surface area (Å²) in [7, 11) is 0. The zero-order valence-corrected chi connectivity index (χ0v) is 20.4. The maximum atomic E-state index is 12.9. The van der Waals surface area contributed by atoms with Crippen LogP contribution in [0, 0.1) is 13.8 Å². The van der Waals surface area contributed by atoms with Crippen LogP contribution < -0.4 is 0 Å². The quantitative estimate of drug-likeness (QED) is 0.456. The number of rotatable bonds is 8. The highest BCUT2D eigenvalue weighted by molar-refractivity contribution is 8.00. The summed E-state index contributed by atoms with van der Waals surface area (Å²) in [6.45, 7) is 4.09. The van der Waals surface area contributed by atoms with Gasteiger partial charge in [-0.25, -0.2) is 9.59 Å². The molecule has 35 heavy (non-hydrogen) atoms. The van der Waals surface area contributed by atoms with Gasteiger partial charge in [0.05, 0.1) is 23.0 Å². The number of esters is 2. The Balaban J connectivity index is 1.47. The van der Waals surface area contributed by atoms with Gasteiger partial charge in [0, 0.05) is 0 Å². The fraction of sp³-hybridized carbons (Fsp3) is 0.286. The molecule has 1 saturated heterocycles. The molecule has 0 aromatic heterocycles. The molecule has 182 valence electrons. The van der Waals surface area contributed by atoms with E-state index in [4.69, 9.17) is 14.2 Å². The minimum absolute atomic E-state index is 0.0362. The number of hydrogen-bond donors (Lipinski definition) is 1. The van der Waals surface area contributed by atoms with E-state index < -0.39 is 34.8 Å². The summed E-state index contributed by atoms with van der Waals surface area (Å²) in [6.07, 6.45) is -1.59. The second-order valence-corrected chi connectivity index (χ2v) is 9.89. The van der Waals surface area contributed by atoms with Crippen molar-refractivity contribution in [1.29, 1.82) is 0 Å². The summed E-state index contributed by atoms with van der Waals surface area (Å²) in [6, 6.07) is 23.7. The molecule has 0 aliphatic carbocycles. The Morgan fingerprint density at radius 1 is 0.800 bits per heavy atom. The molecule has 3 aromatic carbocycles. The first-order chi connectivity index (χ1) is 16.9. The van der Waals surface area contributed by atoms with Gasteiger partial charge in [-0.2, -0.15) is 0 Å². The van der Waals surface area contributed by atoms with Crippen LogP contribution in [0.2, 0.25) is 0 Å². The Morgan fingerprint density at radius 2 is 1.37 bits per heavy atom. The Morgan fingerprint density at radius 3 is 1.97 bits per heavy atom. The van der Waals surface area contributed by atoms with E-state index in [1.165, 1.54) is 11.8 Å². The lowest BCUT2D eigenvalue weighted by Gasteiger charge is -2.25. The standard InChI is InChI=1S/C28H28O6S/c1-18-8-12-21(13-9-18)26(29)33-17-23-24(34-27(30)22-14-10-19(2)11-15-22)25(28(31)35-23)32-16-20-6-4-3-5-7-20/h3-15,23-25,28,31H,16-17H2,1-2H3/t23-,24+,25?,28?/m0/s1. The summed E-state index contributed by atoms with van der Waals surface area (Å²) in [4.78, 5) is 25.4. The van der Waals surface area contributed by atoms with Gasteiger partial charge in [0.1, 0.15) is 24.3 Å². The van der Waals surface area contributed by atoms with Crippen molar-refractivity contribution in [3.63, 3.8) is 0 Å². The predicted octanol–water partition coefficient (Wildman–Crippen LogP) is 4.71. The molecule has 4 rings (SSSR count). The molecule has 1 heterocycles. The zero-order chi connectivity index (χ0) is 24.8. The molecule has 4 atom stereocenters. The lowest BCUT2D eigenvalue weighted by Crippen LogP contribution is -2.40. The van der Waals surface area contributed by atoms with Crippen molar-refractivity contribution in [2.24, 2.45) is 0 Å². The van der Waals surface area contributed by atoms with Crippen molar-refractivity contribution in [1.82, 2.24) is 0 Å². The Kier molecular flexibility index (Phi) is 8.23. The topological polar surface area (TPSA) is 82.1 Å². The molecule has 1 aliphatic heterocycles. The second kappa shape index (κ2) is 11.5. The molecular formula is C28H28O6S. The van der Waals surface area contributed by atoms with Crippen LogP contribution in [0.3, 0.4) is 0 Å². The van der Waals surface area contributed by atoms with Gasteiger partial charge in [-0.1, -0.05) is 65.7 Å². The van der Waals surface area contributed by atoms with Gasteiger partial charge >= 0.3 is 11.9 Å². The summed E-state index contributed by atoms with van der Waals surface area (Å²) < 4.78 is 17.4. The number of aryl methyl sites for hydroxylation is 2. The number of carbonyl (C=O) groups excluding carboxylic acids is 2. The molecule has 0 radical (unpaired) electrons. The highest BCUT2D eigenvalue weighted by Gasteiger charge is 2.47. The third-order valence-electron chi connectivity index (χ3n) is 5.77. The minimum Gasteiger partial charge on any atom is -0.461 e. The molecule has 1 aliphatic rings. The lowest BCUT2D eigenvalue weighted by molar-refractivity contribution is -0.0821. The first kappa shape index (κ1) is 25.0. The van der Waals surface area contributed by atoms with Crippen molar-refractivity contribution in [2.75, 3.05) is 6.61 Å². The van der Waals surface area contributed by atoms with Crippen molar-refractivity contribution in [3.8, 4) is 0 Å². The maximum Gasteiger partial charge on any atom is 0.338 e. The fourth-order valence-electron chi connectivity index (χ4n) is 3.74. The second-order valence-electron chi connectivity index (χ2n) is 8.53. The zero-order valence-electron chi connectivity index (χ0n) is 19.6. The largest absolute Gasteiger partial charge is 0.461 e. The number of aliphatic hydroxyl groups excluding tert-OH is 1. The van der Waals surface area contributed by atoms with Crippen LogP contribution >= 0.6 is 11.8 Å². The monoisotopic (exact) mass is 492 g/mol. The third kappa shape index (κ3) is 6.51. The van der Waals surface area contributed by atoms with E-state index in [9.17, 15) is 14.7 Å². The predicted molar refractivity (Wildman–Crippen MR) is 134 cm³/mol. The molecule has 7 heteroatoms. The van der Waals surface area contributed by atoms with E-state index in [1.807, 2.05) is 68.4 Å². The summed E-state index contributed by atoms with van der Waals surface area (Å²) in [5.74, 6) is -0.995. The van der Waals surface area contributed by atoms with Gasteiger partial charge < -0.3 is 19.3 Å². The van der Waals surface area contributed by atoms with Crippen LogP contribution in [-0.4, -0.2) is 46.5 Å². The van der Waals surface area contributed by atoms with Gasteiger partial charge in [0.25, 0.3) is 0 Å². The van der Waals surface area contributed by atoms with Crippen LogP contribution in [0.25, 0.3) is 0 Å². The van der Waals surface area contributed by atoms with Crippen molar-refractivity contribution < 1.29 is 28.9 Å². The summed E-state index contributed by atoms with van der Waals surface area (Å²) in [5.41, 5.74) is 2.89. The number of thioether (sulfide) groups is 1. The third-order valence-corrected chi connectivity index (χ3v) is 7.07. The van der Waals surface area contributed by atoms with Crippen molar-refractivity contribution >= 4 is 23.7 Å². The molecule has 0 bridgehead atoms. The van der Waals surface area contributed by atoms with Gasteiger partial charge in [-0.15, -0.1) is 11.8 Å². The lowest BCUT2D eigenvalue weighted by atomic mass is 10.1. The van der Waals surface area contributed by atoms with Gasteiger partial charge in [0.15, 0.2) is 0 Å². The first-order valence-corrected chi connectivity index (χ1v) is 12.4. The number of aliphatic hydroxyl groups is 1. The molecule has 3 aromatic rings. The molecule has 0 amide bonds. The maximum absolute atomic E-state index is 12.9. The number of ether oxygens (including phenoxy) is 3. The molecule has 2 unspecified atom stereocenters. The molecule has 1 N–H and O–H groups in total. The number of hydrogen-bond acceptors (Lipinski definition) is 7. The number of carbonyl (C=O) groups is 2. The van der Waals surface area contributed by atoms with Gasteiger partial charge in [-0.05, 0) is 43.7 Å². The van der Waals surface area contributed by atoms with E-state index in [1.54, 1.807) is 24.3 Å². The average molecular weight is 493 g/mol. The van der Waals surface area contributed by atoms with E-state index >= 15 is 0 Å². The molecular weight excluding hydrogens is 464 g/mol. The summed E-state index contributed by atoms with van der Waals surface area (Å²) >= 11 is 1.17. The number of benzene rings is 3. The molecule has 1 fully saturated rings. The molecule has 0 spiro atoms.